The SMILES string of the molecule is C=CCOC(=O)NC(=N)NCCC[C@H](N)C=O. The lowest BCUT2D eigenvalue weighted by Crippen LogP contribution is -2.41. The fourth-order valence-electron chi connectivity index (χ4n) is 0.936. The Morgan fingerprint density at radius 2 is 2.29 bits per heavy atom. The van der Waals surface area contributed by atoms with Crippen LogP contribution in [-0.4, -0.2) is 37.5 Å². The Morgan fingerprint density at radius 1 is 1.59 bits per heavy atom. The molecule has 0 saturated heterocycles. The summed E-state index contributed by atoms with van der Waals surface area (Å²) in [5, 5.41) is 12.2. The smallest absolute Gasteiger partial charge is 0.414 e. The molecule has 17 heavy (non-hydrogen) atoms. The highest BCUT2D eigenvalue weighted by Gasteiger charge is 2.04. The van der Waals surface area contributed by atoms with Crippen LogP contribution in [0.15, 0.2) is 12.7 Å². The quantitative estimate of drug-likeness (QED) is 0.161. The van der Waals surface area contributed by atoms with Crippen molar-refractivity contribution in [3.63, 3.8) is 0 Å². The van der Waals surface area contributed by atoms with E-state index in [0.717, 1.165) is 0 Å². The van der Waals surface area contributed by atoms with E-state index in [2.05, 4.69) is 21.9 Å². The first-order valence-corrected chi connectivity index (χ1v) is 5.18. The molecule has 7 heteroatoms. The standard InChI is InChI=1S/C10H18N4O3/c1-2-6-17-10(16)14-9(12)13-5-3-4-8(11)7-15/h2,7-8H,1,3-6,11H2,(H3,12,13,14,16)/t8-/m0/s1. The van der Waals surface area contributed by atoms with Gasteiger partial charge < -0.3 is 20.6 Å². The minimum absolute atomic E-state index is 0.0906. The van der Waals surface area contributed by atoms with Crippen LogP contribution in [0.3, 0.4) is 0 Å². The summed E-state index contributed by atoms with van der Waals surface area (Å²) in [5.41, 5.74) is 5.38. The fraction of sp³-hybridized carbons (Fsp3) is 0.500. The number of carbonyl (C=O) groups excluding carboxylic acids is 2. The van der Waals surface area contributed by atoms with Crippen LogP contribution >= 0.6 is 0 Å². The normalized spacial score (nSPS) is 11.1. The zero-order valence-electron chi connectivity index (χ0n) is 9.57. The van der Waals surface area contributed by atoms with Crippen LogP contribution in [0, 0.1) is 5.41 Å². The number of ether oxygens (including phenoxy) is 1. The number of nitrogens with two attached hydrogens (primary N) is 1. The van der Waals surface area contributed by atoms with Crippen molar-refractivity contribution in [2.24, 2.45) is 5.73 Å². The van der Waals surface area contributed by atoms with Gasteiger partial charge in [0.15, 0.2) is 5.96 Å². The van der Waals surface area contributed by atoms with Crippen LogP contribution in [0.4, 0.5) is 4.79 Å². The second-order valence-electron chi connectivity index (χ2n) is 3.26. The van der Waals surface area contributed by atoms with E-state index in [4.69, 9.17) is 11.1 Å². The van der Waals surface area contributed by atoms with Crippen molar-refractivity contribution >= 4 is 18.3 Å². The second-order valence-corrected chi connectivity index (χ2v) is 3.26. The highest BCUT2D eigenvalue weighted by molar-refractivity contribution is 5.91. The van der Waals surface area contributed by atoms with Crippen LogP contribution in [0.1, 0.15) is 12.8 Å². The van der Waals surface area contributed by atoms with Crippen LogP contribution in [0.5, 0.6) is 0 Å². The molecule has 0 aromatic carbocycles. The molecular formula is C10H18N4O3. The molecule has 0 heterocycles. The molecule has 0 aliphatic rings. The number of aldehydes is 1. The summed E-state index contributed by atoms with van der Waals surface area (Å²) >= 11 is 0. The van der Waals surface area contributed by atoms with E-state index in [-0.39, 0.29) is 12.6 Å². The van der Waals surface area contributed by atoms with Gasteiger partial charge in [0, 0.05) is 6.54 Å². The van der Waals surface area contributed by atoms with E-state index in [9.17, 15) is 9.59 Å². The maximum Gasteiger partial charge on any atom is 0.414 e. The van der Waals surface area contributed by atoms with Gasteiger partial charge in [-0.3, -0.25) is 10.7 Å². The topological polar surface area (TPSA) is 117 Å². The van der Waals surface area contributed by atoms with Gasteiger partial charge in [0.1, 0.15) is 12.9 Å². The third-order valence-corrected chi connectivity index (χ3v) is 1.75. The van der Waals surface area contributed by atoms with Crippen molar-refractivity contribution in [2.45, 2.75) is 18.9 Å². The van der Waals surface area contributed by atoms with Crippen molar-refractivity contribution in [1.29, 1.82) is 5.41 Å². The molecule has 0 aromatic heterocycles. The first-order chi connectivity index (χ1) is 8.10. The molecule has 0 aliphatic heterocycles. The fourth-order valence-corrected chi connectivity index (χ4v) is 0.936. The second kappa shape index (κ2) is 9.34. The molecule has 0 spiro atoms. The van der Waals surface area contributed by atoms with Crippen molar-refractivity contribution in [2.75, 3.05) is 13.2 Å². The number of carbonyl (C=O) groups is 2. The maximum absolute atomic E-state index is 11.0. The Kier molecular flexibility index (Phi) is 8.31. The molecule has 0 saturated carbocycles. The summed E-state index contributed by atoms with van der Waals surface area (Å²) in [4.78, 5) is 21.2. The third-order valence-electron chi connectivity index (χ3n) is 1.75. The van der Waals surface area contributed by atoms with E-state index in [1.807, 2.05) is 0 Å². The highest BCUT2D eigenvalue weighted by atomic mass is 16.5. The Bertz CT molecular complexity index is 281. The molecule has 1 amide bonds. The highest BCUT2D eigenvalue weighted by Crippen LogP contribution is 1.89. The van der Waals surface area contributed by atoms with E-state index in [1.54, 1.807) is 0 Å². The average molecular weight is 242 g/mol. The molecule has 0 aromatic rings. The third kappa shape index (κ3) is 9.06. The summed E-state index contributed by atoms with van der Waals surface area (Å²) in [6.45, 7) is 3.92. The summed E-state index contributed by atoms with van der Waals surface area (Å²) in [5.74, 6) is -0.154. The van der Waals surface area contributed by atoms with E-state index in [0.29, 0.717) is 25.7 Å². The van der Waals surface area contributed by atoms with Crippen molar-refractivity contribution in [3.8, 4) is 0 Å². The monoisotopic (exact) mass is 242 g/mol. The van der Waals surface area contributed by atoms with Gasteiger partial charge in [-0.25, -0.2) is 4.79 Å². The number of amides is 1. The lowest BCUT2D eigenvalue weighted by molar-refractivity contribution is -0.109. The molecule has 1 atom stereocenters. The minimum atomic E-state index is -0.716. The van der Waals surface area contributed by atoms with Crippen LogP contribution < -0.4 is 16.4 Å². The average Bonchev–Trinajstić information content (AvgIpc) is 2.31. The molecule has 0 radical (unpaired) electrons. The number of hydrogen-bond donors (Lipinski definition) is 4. The molecule has 0 rings (SSSR count). The summed E-state index contributed by atoms with van der Waals surface area (Å²) in [6.07, 6.45) is 2.55. The molecule has 7 nitrogen and oxygen atoms in total. The molecular weight excluding hydrogens is 224 g/mol. The van der Waals surface area contributed by atoms with Gasteiger partial charge in [-0.1, -0.05) is 12.7 Å². The van der Waals surface area contributed by atoms with Gasteiger partial charge in [-0.05, 0) is 12.8 Å². The predicted octanol–water partition coefficient (Wildman–Crippen LogP) is -0.271. The zero-order chi connectivity index (χ0) is 13.1. The number of alkyl carbamates (subject to hydrolysis) is 1. The van der Waals surface area contributed by atoms with Gasteiger partial charge in [0.2, 0.25) is 0 Å². The van der Waals surface area contributed by atoms with Crippen molar-refractivity contribution in [1.82, 2.24) is 10.6 Å². The first-order valence-electron chi connectivity index (χ1n) is 5.18. The van der Waals surface area contributed by atoms with Gasteiger partial charge in [0.05, 0.1) is 6.04 Å². The van der Waals surface area contributed by atoms with Crippen molar-refractivity contribution < 1.29 is 14.3 Å². The van der Waals surface area contributed by atoms with Gasteiger partial charge >= 0.3 is 6.09 Å². The molecule has 0 unspecified atom stereocenters. The van der Waals surface area contributed by atoms with E-state index < -0.39 is 12.1 Å². The number of rotatable bonds is 7. The van der Waals surface area contributed by atoms with E-state index in [1.165, 1.54) is 6.08 Å². The Labute approximate surface area is 99.9 Å². The lowest BCUT2D eigenvalue weighted by Gasteiger charge is -2.09. The molecule has 0 fully saturated rings. The lowest BCUT2D eigenvalue weighted by atomic mass is 10.2. The molecule has 5 N–H and O–H groups in total. The minimum Gasteiger partial charge on any atom is -0.445 e. The Balaban J connectivity index is 3.55. The summed E-state index contributed by atoms with van der Waals surface area (Å²) in [7, 11) is 0. The Morgan fingerprint density at radius 3 is 2.88 bits per heavy atom. The molecule has 96 valence electrons. The molecule has 0 aliphatic carbocycles. The van der Waals surface area contributed by atoms with Gasteiger partial charge in [0.25, 0.3) is 0 Å². The summed E-state index contributed by atoms with van der Waals surface area (Å²) in [6, 6.07) is -0.475. The number of hydrogen-bond acceptors (Lipinski definition) is 5. The first kappa shape index (κ1) is 15.1. The van der Waals surface area contributed by atoms with E-state index >= 15 is 0 Å². The number of guanidine groups is 1. The van der Waals surface area contributed by atoms with Crippen molar-refractivity contribution in [3.05, 3.63) is 12.7 Å². The Hall–Kier alpha value is -1.89. The molecule has 0 bridgehead atoms. The largest absolute Gasteiger partial charge is 0.445 e. The number of nitrogens with one attached hydrogen (secondary N) is 3. The van der Waals surface area contributed by atoms with Crippen LogP contribution in [0.25, 0.3) is 0 Å². The van der Waals surface area contributed by atoms with Crippen LogP contribution in [0.2, 0.25) is 0 Å². The van der Waals surface area contributed by atoms with Gasteiger partial charge in [-0.15, -0.1) is 0 Å². The van der Waals surface area contributed by atoms with Gasteiger partial charge in [-0.2, -0.15) is 0 Å². The zero-order valence-corrected chi connectivity index (χ0v) is 9.57. The van der Waals surface area contributed by atoms with Crippen LogP contribution in [-0.2, 0) is 9.53 Å². The maximum atomic E-state index is 11.0. The summed E-state index contributed by atoms with van der Waals surface area (Å²) < 4.78 is 4.61. The predicted molar refractivity (Wildman–Crippen MR) is 63.7 cm³/mol.